The second-order valence-electron chi connectivity index (χ2n) is 7.52. The van der Waals surface area contributed by atoms with Crippen LogP contribution >= 0.6 is 0 Å². The van der Waals surface area contributed by atoms with Crippen LogP contribution in [0, 0.1) is 23.1 Å². The molecule has 1 heterocycles. The largest absolute Gasteiger partial charge is 0.307 e. The molecular formula is C23H22FN3O3. The van der Waals surface area contributed by atoms with Crippen molar-refractivity contribution in [2.75, 3.05) is 11.4 Å². The molecule has 1 aliphatic heterocycles. The average molecular weight is 407 g/mol. The second kappa shape index (κ2) is 8.87. The number of hydrogen-bond donors (Lipinski definition) is 0. The summed E-state index contributed by atoms with van der Waals surface area (Å²) in [5, 5.41) is 9.01. The van der Waals surface area contributed by atoms with E-state index in [1.807, 2.05) is 19.9 Å². The highest BCUT2D eigenvalue weighted by Crippen LogP contribution is 2.29. The second-order valence-corrected chi connectivity index (χ2v) is 7.52. The summed E-state index contributed by atoms with van der Waals surface area (Å²) in [6.07, 6.45) is 0.207. The predicted octanol–water partition coefficient (Wildman–Crippen LogP) is 3.78. The lowest BCUT2D eigenvalue weighted by atomic mass is 10.0. The molecule has 2 aromatic carbocycles. The molecule has 0 N–H and O–H groups in total. The zero-order valence-corrected chi connectivity index (χ0v) is 16.8. The SMILES string of the molecule is CC(C)CC(C(=O)N(CCC#N)c1ccccc1F)N1C(=O)c2ccccc2C1=O. The van der Waals surface area contributed by atoms with E-state index < -0.39 is 29.6 Å². The minimum atomic E-state index is -1.10. The third-order valence-corrected chi connectivity index (χ3v) is 4.97. The van der Waals surface area contributed by atoms with Crippen molar-refractivity contribution in [1.29, 1.82) is 5.26 Å². The van der Waals surface area contributed by atoms with E-state index in [1.54, 1.807) is 30.3 Å². The van der Waals surface area contributed by atoms with E-state index in [0.29, 0.717) is 0 Å². The minimum Gasteiger partial charge on any atom is -0.307 e. The normalized spacial score (nSPS) is 13.9. The van der Waals surface area contributed by atoms with E-state index >= 15 is 0 Å². The molecule has 1 atom stereocenters. The van der Waals surface area contributed by atoms with Crippen molar-refractivity contribution < 1.29 is 18.8 Å². The first kappa shape index (κ1) is 21.2. The number of fused-ring (bicyclic) bond motifs is 1. The molecule has 0 saturated carbocycles. The van der Waals surface area contributed by atoms with Gasteiger partial charge in [-0.25, -0.2) is 4.39 Å². The summed E-state index contributed by atoms with van der Waals surface area (Å²) in [4.78, 5) is 41.7. The third kappa shape index (κ3) is 3.94. The van der Waals surface area contributed by atoms with Crippen LogP contribution in [0.1, 0.15) is 47.4 Å². The first-order valence-corrected chi connectivity index (χ1v) is 9.76. The maximum atomic E-state index is 14.5. The standard InChI is InChI=1S/C23H22FN3O3/c1-15(2)14-20(27-21(28)16-8-3-4-9-17(16)22(27)29)23(30)26(13-7-12-25)19-11-6-5-10-18(19)24/h3-6,8-11,15,20H,7,13-14H2,1-2H3. The summed E-state index contributed by atoms with van der Waals surface area (Å²) in [7, 11) is 0. The molecule has 7 heteroatoms. The zero-order chi connectivity index (χ0) is 21.8. The summed E-state index contributed by atoms with van der Waals surface area (Å²) in [6.45, 7) is 3.70. The number of nitrogens with zero attached hydrogens (tertiary/aromatic N) is 3. The van der Waals surface area contributed by atoms with Gasteiger partial charge in [-0.05, 0) is 36.6 Å². The Hall–Kier alpha value is -3.53. The fourth-order valence-electron chi connectivity index (χ4n) is 3.62. The van der Waals surface area contributed by atoms with Gasteiger partial charge in [0.1, 0.15) is 11.9 Å². The van der Waals surface area contributed by atoms with Crippen LogP contribution in [0.15, 0.2) is 48.5 Å². The lowest BCUT2D eigenvalue weighted by Crippen LogP contribution is -2.52. The lowest BCUT2D eigenvalue weighted by Gasteiger charge is -2.32. The maximum absolute atomic E-state index is 14.5. The zero-order valence-electron chi connectivity index (χ0n) is 16.8. The van der Waals surface area contributed by atoms with Crippen LogP contribution in [0.4, 0.5) is 10.1 Å². The lowest BCUT2D eigenvalue weighted by molar-refractivity contribution is -0.123. The quantitative estimate of drug-likeness (QED) is 0.654. The number of imide groups is 1. The van der Waals surface area contributed by atoms with Gasteiger partial charge in [0.05, 0.1) is 29.3 Å². The smallest absolute Gasteiger partial charge is 0.262 e. The van der Waals surface area contributed by atoms with Crippen molar-refractivity contribution in [3.05, 3.63) is 65.5 Å². The number of carbonyl (C=O) groups is 3. The summed E-state index contributed by atoms with van der Waals surface area (Å²) in [6, 6.07) is 13.0. The van der Waals surface area contributed by atoms with E-state index in [4.69, 9.17) is 5.26 Å². The highest BCUT2D eigenvalue weighted by atomic mass is 19.1. The van der Waals surface area contributed by atoms with Gasteiger partial charge in [-0.3, -0.25) is 19.3 Å². The Kier molecular flexibility index (Phi) is 6.26. The molecule has 0 radical (unpaired) electrons. The highest BCUT2D eigenvalue weighted by molar-refractivity contribution is 6.23. The summed E-state index contributed by atoms with van der Waals surface area (Å²) in [5.41, 5.74) is 0.514. The van der Waals surface area contributed by atoms with Crippen LogP contribution in [-0.4, -0.2) is 35.2 Å². The average Bonchev–Trinajstić information content (AvgIpc) is 2.98. The molecule has 0 aromatic heterocycles. The van der Waals surface area contributed by atoms with E-state index in [2.05, 4.69) is 0 Å². The molecule has 0 saturated heterocycles. The third-order valence-electron chi connectivity index (χ3n) is 4.97. The van der Waals surface area contributed by atoms with Gasteiger partial charge < -0.3 is 4.90 Å². The van der Waals surface area contributed by atoms with Crippen LogP contribution in [-0.2, 0) is 4.79 Å². The van der Waals surface area contributed by atoms with Crippen molar-refractivity contribution in [2.45, 2.75) is 32.7 Å². The first-order chi connectivity index (χ1) is 14.4. The Morgan fingerprint density at radius 1 is 1.07 bits per heavy atom. The molecule has 0 bridgehead atoms. The number of carbonyl (C=O) groups excluding carboxylic acids is 3. The fourth-order valence-corrected chi connectivity index (χ4v) is 3.62. The Bertz CT molecular complexity index is 993. The summed E-state index contributed by atoms with van der Waals surface area (Å²) in [5.74, 6) is -2.29. The number of amides is 3. The van der Waals surface area contributed by atoms with Crippen LogP contribution < -0.4 is 4.90 Å². The molecule has 0 spiro atoms. The summed E-state index contributed by atoms with van der Waals surface area (Å²) >= 11 is 0. The van der Waals surface area contributed by atoms with Crippen molar-refractivity contribution in [3.63, 3.8) is 0 Å². The van der Waals surface area contributed by atoms with Gasteiger partial charge in [-0.1, -0.05) is 38.1 Å². The monoisotopic (exact) mass is 407 g/mol. The van der Waals surface area contributed by atoms with Gasteiger partial charge >= 0.3 is 0 Å². The van der Waals surface area contributed by atoms with Crippen LogP contribution in [0.5, 0.6) is 0 Å². The van der Waals surface area contributed by atoms with E-state index in [-0.39, 0.29) is 42.1 Å². The fraction of sp³-hybridized carbons (Fsp3) is 0.304. The number of hydrogen-bond acceptors (Lipinski definition) is 4. The predicted molar refractivity (Wildman–Crippen MR) is 109 cm³/mol. The van der Waals surface area contributed by atoms with E-state index in [1.165, 1.54) is 18.2 Å². The molecule has 3 amide bonds. The van der Waals surface area contributed by atoms with Crippen LogP contribution in [0.3, 0.4) is 0 Å². The Morgan fingerprint density at radius 2 is 1.63 bits per heavy atom. The van der Waals surface area contributed by atoms with Crippen molar-refractivity contribution in [3.8, 4) is 6.07 Å². The van der Waals surface area contributed by atoms with Crippen molar-refractivity contribution in [2.24, 2.45) is 5.92 Å². The van der Waals surface area contributed by atoms with Gasteiger partial charge in [0.15, 0.2) is 0 Å². The van der Waals surface area contributed by atoms with Gasteiger partial charge in [0, 0.05) is 6.54 Å². The van der Waals surface area contributed by atoms with Crippen molar-refractivity contribution in [1.82, 2.24) is 4.90 Å². The maximum Gasteiger partial charge on any atom is 0.262 e. The van der Waals surface area contributed by atoms with Crippen LogP contribution in [0.2, 0.25) is 0 Å². The first-order valence-electron chi connectivity index (χ1n) is 9.76. The molecule has 1 aliphatic rings. The number of anilines is 1. The number of nitriles is 1. The molecule has 2 aromatic rings. The molecule has 3 rings (SSSR count). The Balaban J connectivity index is 2.03. The number of para-hydroxylation sites is 1. The molecule has 154 valence electrons. The number of benzene rings is 2. The molecule has 0 aliphatic carbocycles. The Morgan fingerprint density at radius 3 is 2.17 bits per heavy atom. The van der Waals surface area contributed by atoms with Gasteiger partial charge in [0.2, 0.25) is 5.91 Å². The molecule has 6 nitrogen and oxygen atoms in total. The van der Waals surface area contributed by atoms with E-state index in [9.17, 15) is 18.8 Å². The molecule has 30 heavy (non-hydrogen) atoms. The molecule has 1 unspecified atom stereocenters. The molecular weight excluding hydrogens is 385 g/mol. The topological polar surface area (TPSA) is 81.5 Å². The number of rotatable bonds is 7. The van der Waals surface area contributed by atoms with E-state index in [0.717, 1.165) is 9.80 Å². The van der Waals surface area contributed by atoms with Crippen LogP contribution in [0.25, 0.3) is 0 Å². The molecule has 0 fully saturated rings. The minimum absolute atomic E-state index is 0.0123. The van der Waals surface area contributed by atoms with Crippen molar-refractivity contribution >= 4 is 23.4 Å². The highest BCUT2D eigenvalue weighted by Gasteiger charge is 2.44. The van der Waals surface area contributed by atoms with Gasteiger partial charge in [0.25, 0.3) is 11.8 Å². The van der Waals surface area contributed by atoms with Gasteiger partial charge in [-0.15, -0.1) is 0 Å². The Labute approximate surface area is 174 Å². The van der Waals surface area contributed by atoms with Gasteiger partial charge in [-0.2, -0.15) is 5.26 Å². The number of halogens is 1. The summed E-state index contributed by atoms with van der Waals surface area (Å²) < 4.78 is 14.5.